The van der Waals surface area contributed by atoms with E-state index >= 15 is 0 Å². The molecule has 3 rings (SSSR count). The number of hydrogen-bond donors (Lipinski definition) is 1. The highest BCUT2D eigenvalue weighted by Crippen LogP contribution is 2.35. The topological polar surface area (TPSA) is 33.7 Å². The van der Waals surface area contributed by atoms with Gasteiger partial charge in [0, 0.05) is 5.54 Å². The molecule has 0 aliphatic carbocycles. The van der Waals surface area contributed by atoms with E-state index in [1.54, 1.807) is 0 Å². The Kier molecular flexibility index (Phi) is 3.37. The van der Waals surface area contributed by atoms with Crippen LogP contribution in [0, 0.1) is 0 Å². The average Bonchev–Trinajstić information content (AvgIpc) is 2.87. The van der Waals surface area contributed by atoms with Crippen molar-refractivity contribution in [3.63, 3.8) is 0 Å². The van der Waals surface area contributed by atoms with Crippen LogP contribution in [0.15, 0.2) is 18.2 Å². The summed E-state index contributed by atoms with van der Waals surface area (Å²) in [4.78, 5) is 2.39. The van der Waals surface area contributed by atoms with E-state index in [2.05, 4.69) is 36.4 Å². The molecule has 19 heavy (non-hydrogen) atoms. The summed E-state index contributed by atoms with van der Waals surface area (Å²) < 4.78 is 10.8. The molecule has 4 heteroatoms. The fourth-order valence-corrected chi connectivity index (χ4v) is 3.11. The van der Waals surface area contributed by atoms with Crippen LogP contribution in [0.2, 0.25) is 0 Å². The van der Waals surface area contributed by atoms with Crippen LogP contribution in [-0.2, 0) is 6.42 Å². The second-order valence-corrected chi connectivity index (χ2v) is 5.73. The summed E-state index contributed by atoms with van der Waals surface area (Å²) in [5.41, 5.74) is 1.60. The molecular formula is C15H22N2O2. The van der Waals surface area contributed by atoms with E-state index in [1.807, 2.05) is 6.07 Å². The van der Waals surface area contributed by atoms with Crippen molar-refractivity contribution in [2.45, 2.75) is 24.8 Å². The van der Waals surface area contributed by atoms with Gasteiger partial charge in [0.2, 0.25) is 6.79 Å². The summed E-state index contributed by atoms with van der Waals surface area (Å²) in [6.45, 7) is 2.55. The van der Waals surface area contributed by atoms with Crippen LogP contribution >= 0.6 is 0 Å². The van der Waals surface area contributed by atoms with E-state index < -0.39 is 0 Å². The van der Waals surface area contributed by atoms with E-state index in [0.29, 0.717) is 6.79 Å². The fourth-order valence-electron chi connectivity index (χ4n) is 3.11. The molecule has 1 saturated heterocycles. The van der Waals surface area contributed by atoms with Gasteiger partial charge in [-0.25, -0.2) is 0 Å². The Morgan fingerprint density at radius 3 is 2.63 bits per heavy atom. The van der Waals surface area contributed by atoms with Crippen LogP contribution in [0.1, 0.15) is 18.4 Å². The van der Waals surface area contributed by atoms with E-state index in [9.17, 15) is 0 Å². The zero-order valence-electron chi connectivity index (χ0n) is 11.7. The van der Waals surface area contributed by atoms with E-state index in [-0.39, 0.29) is 5.54 Å². The van der Waals surface area contributed by atoms with Gasteiger partial charge < -0.3 is 19.7 Å². The van der Waals surface area contributed by atoms with Crippen molar-refractivity contribution in [1.29, 1.82) is 0 Å². The standard InChI is InChI=1S/C15H22N2O2/c1-17(2)15(5-7-16-8-6-15)10-12-3-4-13-14(9-12)19-11-18-13/h3-4,9,16H,5-8,10-11H2,1-2H3. The van der Waals surface area contributed by atoms with Crippen molar-refractivity contribution in [2.75, 3.05) is 34.0 Å². The van der Waals surface area contributed by atoms with Crippen molar-refractivity contribution in [3.8, 4) is 11.5 Å². The molecule has 0 amide bonds. The third-order valence-corrected chi connectivity index (χ3v) is 4.45. The number of hydrogen-bond acceptors (Lipinski definition) is 4. The van der Waals surface area contributed by atoms with Crippen molar-refractivity contribution in [1.82, 2.24) is 10.2 Å². The Bertz CT molecular complexity index is 453. The lowest BCUT2D eigenvalue weighted by Crippen LogP contribution is -2.53. The minimum absolute atomic E-state index is 0.263. The maximum absolute atomic E-state index is 5.47. The molecule has 0 bridgehead atoms. The first kappa shape index (κ1) is 12.8. The lowest BCUT2D eigenvalue weighted by Gasteiger charge is -2.43. The molecule has 2 heterocycles. The highest BCUT2D eigenvalue weighted by molar-refractivity contribution is 5.44. The summed E-state index contributed by atoms with van der Waals surface area (Å²) in [6.07, 6.45) is 3.45. The molecule has 1 N–H and O–H groups in total. The van der Waals surface area contributed by atoms with Gasteiger partial charge in [-0.15, -0.1) is 0 Å². The molecule has 104 valence electrons. The molecule has 0 unspecified atom stereocenters. The van der Waals surface area contributed by atoms with Crippen molar-refractivity contribution >= 4 is 0 Å². The van der Waals surface area contributed by atoms with Gasteiger partial charge in [0.25, 0.3) is 0 Å². The second kappa shape index (κ2) is 5.02. The van der Waals surface area contributed by atoms with Gasteiger partial charge in [-0.2, -0.15) is 0 Å². The SMILES string of the molecule is CN(C)C1(Cc2ccc3c(c2)OCO3)CCNCC1. The van der Waals surface area contributed by atoms with Crippen LogP contribution in [0.3, 0.4) is 0 Å². The molecule has 0 atom stereocenters. The van der Waals surface area contributed by atoms with Gasteiger partial charge >= 0.3 is 0 Å². The van der Waals surface area contributed by atoms with Crippen LogP contribution < -0.4 is 14.8 Å². The molecule has 0 saturated carbocycles. The number of rotatable bonds is 3. The van der Waals surface area contributed by atoms with E-state index in [1.165, 1.54) is 18.4 Å². The Morgan fingerprint density at radius 1 is 1.16 bits per heavy atom. The first-order valence-corrected chi connectivity index (χ1v) is 6.96. The number of likely N-dealkylation sites (N-methyl/N-ethyl adjacent to an activating group) is 1. The maximum Gasteiger partial charge on any atom is 0.231 e. The Hall–Kier alpha value is -1.26. The van der Waals surface area contributed by atoms with Crippen LogP contribution in [0.4, 0.5) is 0 Å². The average molecular weight is 262 g/mol. The molecule has 1 aromatic carbocycles. The molecular weight excluding hydrogens is 240 g/mol. The lowest BCUT2D eigenvalue weighted by atomic mass is 9.81. The van der Waals surface area contributed by atoms with Gasteiger partial charge in [-0.3, -0.25) is 0 Å². The van der Waals surface area contributed by atoms with Gasteiger partial charge in [0.1, 0.15) is 0 Å². The van der Waals surface area contributed by atoms with Crippen LogP contribution in [0.5, 0.6) is 11.5 Å². The third kappa shape index (κ3) is 2.42. The van der Waals surface area contributed by atoms with Crippen molar-refractivity contribution in [2.24, 2.45) is 0 Å². The Balaban J connectivity index is 1.82. The molecule has 2 aliphatic rings. The summed E-state index contributed by atoms with van der Waals surface area (Å²) in [5.74, 6) is 1.76. The van der Waals surface area contributed by atoms with E-state index in [4.69, 9.17) is 9.47 Å². The van der Waals surface area contributed by atoms with Gasteiger partial charge in [0.15, 0.2) is 11.5 Å². The van der Waals surface area contributed by atoms with Crippen LogP contribution in [0.25, 0.3) is 0 Å². The summed E-state index contributed by atoms with van der Waals surface area (Å²) in [6, 6.07) is 6.33. The minimum Gasteiger partial charge on any atom is -0.454 e. The van der Waals surface area contributed by atoms with E-state index in [0.717, 1.165) is 31.0 Å². The first-order valence-electron chi connectivity index (χ1n) is 6.96. The van der Waals surface area contributed by atoms with Gasteiger partial charge in [-0.05, 0) is 64.1 Å². The molecule has 4 nitrogen and oxygen atoms in total. The number of nitrogens with one attached hydrogen (secondary N) is 1. The third-order valence-electron chi connectivity index (χ3n) is 4.45. The summed E-state index contributed by atoms with van der Waals surface area (Å²) >= 11 is 0. The molecule has 0 spiro atoms. The van der Waals surface area contributed by atoms with Crippen molar-refractivity contribution in [3.05, 3.63) is 23.8 Å². The van der Waals surface area contributed by atoms with Gasteiger partial charge in [0.05, 0.1) is 0 Å². The molecule has 1 fully saturated rings. The highest BCUT2D eigenvalue weighted by atomic mass is 16.7. The number of nitrogens with zero attached hydrogens (tertiary/aromatic N) is 1. The quantitative estimate of drug-likeness (QED) is 0.898. The normalized spacial score (nSPS) is 20.8. The lowest BCUT2D eigenvalue weighted by molar-refractivity contribution is 0.108. The number of piperidine rings is 1. The zero-order valence-corrected chi connectivity index (χ0v) is 11.7. The molecule has 0 aromatic heterocycles. The number of fused-ring (bicyclic) bond motifs is 1. The molecule has 1 aromatic rings. The maximum atomic E-state index is 5.47. The molecule has 2 aliphatic heterocycles. The molecule has 0 radical (unpaired) electrons. The predicted octanol–water partition coefficient (Wildman–Crippen LogP) is 1.64. The Morgan fingerprint density at radius 2 is 1.89 bits per heavy atom. The zero-order chi connectivity index (χ0) is 13.3. The summed E-state index contributed by atoms with van der Waals surface area (Å²) in [7, 11) is 4.39. The predicted molar refractivity (Wildman–Crippen MR) is 74.8 cm³/mol. The first-order chi connectivity index (χ1) is 9.20. The van der Waals surface area contributed by atoms with Gasteiger partial charge in [-0.1, -0.05) is 6.07 Å². The largest absolute Gasteiger partial charge is 0.454 e. The van der Waals surface area contributed by atoms with Crippen molar-refractivity contribution < 1.29 is 9.47 Å². The highest BCUT2D eigenvalue weighted by Gasteiger charge is 2.34. The Labute approximate surface area is 114 Å². The second-order valence-electron chi connectivity index (χ2n) is 5.73. The van der Waals surface area contributed by atoms with Crippen LogP contribution in [-0.4, -0.2) is 44.4 Å². The fraction of sp³-hybridized carbons (Fsp3) is 0.600. The number of benzene rings is 1. The number of ether oxygens (including phenoxy) is 2. The summed E-state index contributed by atoms with van der Waals surface area (Å²) in [5, 5.41) is 3.45. The smallest absolute Gasteiger partial charge is 0.231 e. The minimum atomic E-state index is 0.263. The monoisotopic (exact) mass is 262 g/mol.